The number of primary sulfonamides is 1. The van der Waals surface area contributed by atoms with Crippen molar-refractivity contribution in [3.05, 3.63) is 48.0 Å². The number of ether oxygens (including phenoxy) is 1. The van der Waals surface area contributed by atoms with Crippen molar-refractivity contribution in [2.45, 2.75) is 43.9 Å². The van der Waals surface area contributed by atoms with Crippen molar-refractivity contribution in [1.29, 1.82) is 0 Å². The van der Waals surface area contributed by atoms with Gasteiger partial charge in [-0.25, -0.2) is 13.6 Å². The summed E-state index contributed by atoms with van der Waals surface area (Å²) in [4.78, 5) is 14.6. The number of nitrogens with zero attached hydrogens (tertiary/aromatic N) is 1. The lowest BCUT2D eigenvalue weighted by Gasteiger charge is -2.27. The Morgan fingerprint density at radius 2 is 1.83 bits per heavy atom. The average Bonchev–Trinajstić information content (AvgIpc) is 2.75. The van der Waals surface area contributed by atoms with Crippen molar-refractivity contribution in [3.63, 3.8) is 0 Å². The molecule has 2 aromatic carbocycles. The van der Waals surface area contributed by atoms with E-state index in [-0.39, 0.29) is 16.6 Å². The molecule has 0 atom stereocenters. The Balaban J connectivity index is 2.07. The lowest BCUT2D eigenvalue weighted by atomic mass is 10.1. The van der Waals surface area contributed by atoms with Gasteiger partial charge < -0.3 is 15.0 Å². The molecule has 0 aromatic heterocycles. The second kappa shape index (κ2) is 9.95. The number of rotatable bonds is 8. The molecule has 0 bridgehead atoms. The van der Waals surface area contributed by atoms with Crippen molar-refractivity contribution in [3.8, 4) is 11.5 Å². The van der Waals surface area contributed by atoms with Crippen LogP contribution < -0.4 is 15.2 Å². The van der Waals surface area contributed by atoms with Crippen molar-refractivity contribution in [2.75, 3.05) is 25.0 Å². The maximum absolute atomic E-state index is 13.1. The molecule has 0 radical (unpaired) electrons. The number of carbonyl (C=O) groups is 1. The summed E-state index contributed by atoms with van der Waals surface area (Å²) in [5.74, 6) is 0.399. The quantitative estimate of drug-likeness (QED) is 0.616. The monoisotopic (exact) mass is 431 g/mol. The van der Waals surface area contributed by atoms with Gasteiger partial charge >= 0.3 is 0 Å². The zero-order valence-corrected chi connectivity index (χ0v) is 18.1. The third kappa shape index (κ3) is 5.52. The van der Waals surface area contributed by atoms with Crippen LogP contribution in [0.3, 0.4) is 0 Å². The highest BCUT2D eigenvalue weighted by Crippen LogP contribution is 2.37. The number of amides is 1. The fourth-order valence-corrected chi connectivity index (χ4v) is 4.16. The number of benzene rings is 2. The molecule has 30 heavy (non-hydrogen) atoms. The van der Waals surface area contributed by atoms with Gasteiger partial charge in [-0.2, -0.15) is 0 Å². The van der Waals surface area contributed by atoms with E-state index in [1.807, 2.05) is 6.07 Å². The molecular formula is C22H29N3O4S. The number of sulfonamides is 1. The van der Waals surface area contributed by atoms with E-state index in [0.717, 1.165) is 32.1 Å². The van der Waals surface area contributed by atoms with Crippen LogP contribution in [0.5, 0.6) is 11.5 Å². The third-order valence-corrected chi connectivity index (χ3v) is 5.98. The lowest BCUT2D eigenvalue weighted by Crippen LogP contribution is -2.35. The summed E-state index contributed by atoms with van der Waals surface area (Å²) in [5.41, 5.74) is 0.736. The molecule has 7 nitrogen and oxygen atoms in total. The topological polar surface area (TPSA) is 102 Å². The molecule has 0 aliphatic carbocycles. The number of piperidine rings is 1. The van der Waals surface area contributed by atoms with Gasteiger partial charge in [-0.3, -0.25) is 4.79 Å². The number of nitrogens with one attached hydrogen (secondary N) is 1. The molecule has 2 aromatic rings. The van der Waals surface area contributed by atoms with Gasteiger partial charge in [0.15, 0.2) is 5.75 Å². The minimum absolute atomic E-state index is 0.106. The van der Waals surface area contributed by atoms with E-state index in [1.165, 1.54) is 6.07 Å². The SMILES string of the molecule is CCCCNc1cc(C(=O)N2CCCCC2)cc(S(N)(=O)=O)c1Oc1ccccc1. The van der Waals surface area contributed by atoms with Crippen molar-refractivity contribution >= 4 is 21.6 Å². The Hall–Kier alpha value is -2.58. The molecule has 1 fully saturated rings. The van der Waals surface area contributed by atoms with Gasteiger partial charge in [0.05, 0.1) is 5.69 Å². The number of carbonyl (C=O) groups excluding carboxylic acids is 1. The van der Waals surface area contributed by atoms with E-state index < -0.39 is 10.0 Å². The molecule has 8 heteroatoms. The number of para-hydroxylation sites is 1. The molecule has 0 unspecified atom stereocenters. The Bertz CT molecular complexity index is 971. The van der Waals surface area contributed by atoms with E-state index in [4.69, 9.17) is 9.88 Å². The van der Waals surface area contributed by atoms with Gasteiger partial charge in [0, 0.05) is 25.2 Å². The van der Waals surface area contributed by atoms with Crippen LogP contribution in [0.4, 0.5) is 5.69 Å². The molecule has 3 N–H and O–H groups in total. The summed E-state index contributed by atoms with van der Waals surface area (Å²) < 4.78 is 30.8. The van der Waals surface area contributed by atoms with Gasteiger partial charge in [-0.1, -0.05) is 31.5 Å². The van der Waals surface area contributed by atoms with Crippen molar-refractivity contribution in [1.82, 2.24) is 4.90 Å². The molecule has 3 rings (SSSR count). The smallest absolute Gasteiger partial charge is 0.253 e. The van der Waals surface area contributed by atoms with Crippen LogP contribution >= 0.6 is 0 Å². The Labute approximate surface area is 178 Å². The zero-order valence-electron chi connectivity index (χ0n) is 17.3. The summed E-state index contributed by atoms with van der Waals surface area (Å²) in [6, 6.07) is 11.9. The number of nitrogens with two attached hydrogens (primary N) is 1. The predicted octanol–water partition coefficient (Wildman–Crippen LogP) is 3.96. The Morgan fingerprint density at radius 3 is 2.47 bits per heavy atom. The standard InChI is InChI=1S/C22H29N3O4S/c1-2-3-12-24-19-15-17(22(26)25-13-8-5-9-14-25)16-20(30(23,27)28)21(19)29-18-10-6-4-7-11-18/h4,6-7,10-11,15-16,24H,2-3,5,8-9,12-14H2,1H3,(H2,23,27,28). The number of hydrogen-bond acceptors (Lipinski definition) is 5. The van der Waals surface area contributed by atoms with E-state index in [1.54, 1.807) is 35.2 Å². The zero-order chi connectivity index (χ0) is 21.6. The summed E-state index contributed by atoms with van der Waals surface area (Å²) >= 11 is 0. The maximum atomic E-state index is 13.1. The Kier molecular flexibility index (Phi) is 7.33. The first-order valence-corrected chi connectivity index (χ1v) is 11.9. The van der Waals surface area contributed by atoms with Gasteiger partial charge in [0.2, 0.25) is 10.0 Å². The first-order chi connectivity index (χ1) is 14.4. The van der Waals surface area contributed by atoms with Crippen LogP contribution in [-0.4, -0.2) is 38.9 Å². The lowest BCUT2D eigenvalue weighted by molar-refractivity contribution is 0.0724. The highest BCUT2D eigenvalue weighted by molar-refractivity contribution is 7.89. The van der Waals surface area contributed by atoms with Crippen LogP contribution in [0.1, 0.15) is 49.4 Å². The summed E-state index contributed by atoms with van der Waals surface area (Å²) in [6.07, 6.45) is 4.85. The highest BCUT2D eigenvalue weighted by Gasteiger charge is 2.26. The molecular weight excluding hydrogens is 402 g/mol. The summed E-state index contributed by atoms with van der Waals surface area (Å²) in [6.45, 7) is 4.02. The first kappa shape index (κ1) is 22.1. The van der Waals surface area contributed by atoms with Crippen LogP contribution in [0.2, 0.25) is 0 Å². The van der Waals surface area contributed by atoms with E-state index in [0.29, 0.717) is 36.6 Å². The van der Waals surface area contributed by atoms with E-state index >= 15 is 0 Å². The average molecular weight is 432 g/mol. The first-order valence-electron chi connectivity index (χ1n) is 10.4. The fourth-order valence-electron chi connectivity index (χ4n) is 3.46. The van der Waals surface area contributed by atoms with Crippen LogP contribution in [0.15, 0.2) is 47.4 Å². The molecule has 0 saturated carbocycles. The van der Waals surface area contributed by atoms with Gasteiger partial charge in [-0.05, 0) is 49.9 Å². The summed E-state index contributed by atoms with van der Waals surface area (Å²) in [5, 5.41) is 8.75. The second-order valence-electron chi connectivity index (χ2n) is 7.44. The van der Waals surface area contributed by atoms with Gasteiger partial charge in [0.1, 0.15) is 10.6 Å². The second-order valence-corrected chi connectivity index (χ2v) is 8.97. The van der Waals surface area contributed by atoms with Crippen LogP contribution in [0.25, 0.3) is 0 Å². The molecule has 1 saturated heterocycles. The van der Waals surface area contributed by atoms with Crippen LogP contribution in [0, 0.1) is 0 Å². The number of likely N-dealkylation sites (tertiary alicyclic amines) is 1. The highest BCUT2D eigenvalue weighted by atomic mass is 32.2. The molecule has 1 aliphatic rings. The predicted molar refractivity (Wildman–Crippen MR) is 117 cm³/mol. The number of hydrogen-bond donors (Lipinski definition) is 2. The molecule has 1 amide bonds. The molecule has 0 spiro atoms. The summed E-state index contributed by atoms with van der Waals surface area (Å²) in [7, 11) is -4.13. The normalized spacial score (nSPS) is 14.4. The largest absolute Gasteiger partial charge is 0.454 e. The number of anilines is 1. The van der Waals surface area contributed by atoms with E-state index in [2.05, 4.69) is 12.2 Å². The van der Waals surface area contributed by atoms with Crippen LogP contribution in [-0.2, 0) is 10.0 Å². The fraction of sp³-hybridized carbons (Fsp3) is 0.409. The maximum Gasteiger partial charge on any atom is 0.253 e. The molecule has 162 valence electrons. The number of unbranched alkanes of at least 4 members (excludes halogenated alkanes) is 1. The van der Waals surface area contributed by atoms with Crippen molar-refractivity contribution < 1.29 is 17.9 Å². The van der Waals surface area contributed by atoms with Gasteiger partial charge in [0.25, 0.3) is 5.91 Å². The minimum atomic E-state index is -4.13. The van der Waals surface area contributed by atoms with Crippen molar-refractivity contribution in [2.24, 2.45) is 5.14 Å². The Morgan fingerprint density at radius 1 is 1.13 bits per heavy atom. The van der Waals surface area contributed by atoms with E-state index in [9.17, 15) is 13.2 Å². The van der Waals surface area contributed by atoms with Gasteiger partial charge in [-0.15, -0.1) is 0 Å². The molecule has 1 aliphatic heterocycles. The third-order valence-electron chi connectivity index (χ3n) is 5.06. The minimum Gasteiger partial charge on any atom is -0.454 e. The molecule has 1 heterocycles.